The molecule has 0 fully saturated rings. The van der Waals surface area contributed by atoms with Crippen molar-refractivity contribution in [1.82, 2.24) is 0 Å². The van der Waals surface area contributed by atoms with Crippen LogP contribution in [0.15, 0.2) is 11.0 Å². The van der Waals surface area contributed by atoms with E-state index < -0.39 is 70.7 Å². The van der Waals surface area contributed by atoms with E-state index in [1.54, 1.807) is 0 Å². The van der Waals surface area contributed by atoms with Crippen molar-refractivity contribution in [2.45, 2.75) is 4.90 Å². The smallest absolute Gasteiger partial charge is 0.347 e. The van der Waals surface area contributed by atoms with E-state index in [9.17, 15) is 44.8 Å². The molecule has 0 amide bonds. The maximum absolute atomic E-state index is 13.6. The van der Waals surface area contributed by atoms with E-state index in [1.165, 1.54) is 45.2 Å². The number of esters is 1. The maximum atomic E-state index is 13.6. The molecule has 0 unspecified atom stereocenters. The molecule has 0 aromatic heterocycles. The Morgan fingerprint density at radius 3 is 1.89 bits per heavy atom. The summed E-state index contributed by atoms with van der Waals surface area (Å²) in [6.45, 7) is 0. The molecule has 14 heteroatoms. The molecule has 146 valence electrons. The van der Waals surface area contributed by atoms with E-state index >= 15 is 0 Å². The van der Waals surface area contributed by atoms with Crippen molar-refractivity contribution in [2.75, 3.05) is 0 Å². The number of hydrogen-bond donors (Lipinski definition) is 1. The average molecular weight is 635 g/mol. The summed E-state index contributed by atoms with van der Waals surface area (Å²) in [5.74, 6) is -16.8. The Morgan fingerprint density at radius 1 is 1.00 bits per heavy atom. The lowest BCUT2D eigenvalue weighted by atomic mass is 10.2. The summed E-state index contributed by atoms with van der Waals surface area (Å²) < 4.78 is 103. The molecule has 0 aliphatic carbocycles. The molecule has 0 atom stereocenters. The zero-order valence-electron chi connectivity index (χ0n) is 12.1. The van der Waals surface area contributed by atoms with Crippen LogP contribution in [-0.2, 0) is 10.1 Å². The number of rotatable bonds is 3. The number of halogens is 7. The summed E-state index contributed by atoms with van der Waals surface area (Å²) >= 11 is 2.54. The van der Waals surface area contributed by atoms with Crippen LogP contribution in [0.4, 0.5) is 22.0 Å². The first kappa shape index (κ1) is 22.0. The van der Waals surface area contributed by atoms with Gasteiger partial charge in [0.2, 0.25) is 34.8 Å². The number of carbonyl (C=O) groups is 1. The number of phenols is 1. The molecular formula is C13H2F5I2O6S-. The fraction of sp³-hybridized carbons (Fsp3) is 0. The van der Waals surface area contributed by atoms with E-state index in [0.717, 1.165) is 0 Å². The van der Waals surface area contributed by atoms with Crippen molar-refractivity contribution < 1.29 is 49.6 Å². The first-order valence-corrected chi connectivity index (χ1v) is 9.76. The number of benzene rings is 2. The lowest BCUT2D eigenvalue weighted by molar-refractivity contribution is 0.0712. The number of aromatic hydroxyl groups is 1. The fourth-order valence-corrected chi connectivity index (χ4v) is 5.71. The van der Waals surface area contributed by atoms with Gasteiger partial charge in [0.05, 0.1) is 8.47 Å². The van der Waals surface area contributed by atoms with Crippen molar-refractivity contribution in [1.29, 1.82) is 0 Å². The summed E-state index contributed by atoms with van der Waals surface area (Å²) in [6.07, 6.45) is 0. The van der Waals surface area contributed by atoms with Crippen LogP contribution in [0.25, 0.3) is 0 Å². The molecule has 0 saturated heterocycles. The van der Waals surface area contributed by atoms with E-state index in [0.29, 0.717) is 6.07 Å². The highest BCUT2D eigenvalue weighted by atomic mass is 127. The van der Waals surface area contributed by atoms with Gasteiger partial charge in [0.15, 0.2) is 0 Å². The largest absolute Gasteiger partial charge is 0.744 e. The summed E-state index contributed by atoms with van der Waals surface area (Å²) in [5.41, 5.74) is -0.875. The molecule has 27 heavy (non-hydrogen) atoms. The second kappa shape index (κ2) is 7.63. The zero-order valence-corrected chi connectivity index (χ0v) is 17.3. The predicted molar refractivity (Wildman–Crippen MR) is 92.7 cm³/mol. The molecule has 6 nitrogen and oxygen atoms in total. The van der Waals surface area contributed by atoms with Gasteiger partial charge in [-0.25, -0.2) is 26.4 Å². The SMILES string of the molecule is O=C(Oc1c(F)c(F)c(F)c(F)c1F)c1cc(I)c(S(=O)(=O)[O-])c(I)c1O. The van der Waals surface area contributed by atoms with Crippen LogP contribution >= 0.6 is 45.2 Å². The van der Waals surface area contributed by atoms with Crippen LogP contribution in [0.5, 0.6) is 11.5 Å². The van der Waals surface area contributed by atoms with Crippen molar-refractivity contribution in [3.63, 3.8) is 0 Å². The van der Waals surface area contributed by atoms with Gasteiger partial charge in [0.25, 0.3) is 0 Å². The molecule has 2 aromatic rings. The summed E-state index contributed by atoms with van der Waals surface area (Å²) in [7, 11) is -5.06. The molecule has 0 spiro atoms. The van der Waals surface area contributed by atoms with Crippen molar-refractivity contribution in [3.05, 3.63) is 47.9 Å². The van der Waals surface area contributed by atoms with Crippen LogP contribution in [0.3, 0.4) is 0 Å². The standard InChI is InChI=1S/C13H3F5I2O6S/c14-4-5(15)7(17)11(8(18)6(4)16)26-13(22)2-1-3(19)12(27(23,24)25)9(20)10(2)21/h1,21H,(H,23,24,25)/p-1. The Kier molecular flexibility index (Phi) is 6.22. The number of hydrogen-bond acceptors (Lipinski definition) is 6. The highest BCUT2D eigenvalue weighted by molar-refractivity contribution is 14.1. The monoisotopic (exact) mass is 635 g/mol. The van der Waals surface area contributed by atoms with Gasteiger partial charge in [0, 0.05) is 3.57 Å². The van der Waals surface area contributed by atoms with Crippen molar-refractivity contribution in [3.8, 4) is 11.5 Å². The van der Waals surface area contributed by atoms with Gasteiger partial charge in [-0.15, -0.1) is 0 Å². The quantitative estimate of drug-likeness (QED) is 0.106. The van der Waals surface area contributed by atoms with Gasteiger partial charge in [-0.3, -0.25) is 0 Å². The normalized spacial score (nSPS) is 11.6. The summed E-state index contributed by atoms with van der Waals surface area (Å²) in [4.78, 5) is 11.2. The van der Waals surface area contributed by atoms with Crippen LogP contribution in [0.2, 0.25) is 0 Å². The Balaban J connectivity index is 2.59. The maximum Gasteiger partial charge on any atom is 0.347 e. The Labute approximate surface area is 174 Å². The molecule has 0 aliphatic heterocycles. The minimum Gasteiger partial charge on any atom is -0.744 e. The third-order valence-electron chi connectivity index (χ3n) is 2.98. The Hall–Kier alpha value is -1.27. The van der Waals surface area contributed by atoms with Crippen LogP contribution in [-0.4, -0.2) is 24.0 Å². The molecule has 0 heterocycles. The number of carbonyl (C=O) groups excluding carboxylic acids is 1. The van der Waals surface area contributed by atoms with Crippen LogP contribution < -0.4 is 4.74 Å². The van der Waals surface area contributed by atoms with Crippen LogP contribution in [0.1, 0.15) is 10.4 Å². The predicted octanol–water partition coefficient (Wildman–Crippen LogP) is 3.42. The molecule has 2 aromatic carbocycles. The first-order chi connectivity index (χ1) is 12.3. The van der Waals surface area contributed by atoms with Gasteiger partial charge < -0.3 is 14.4 Å². The summed E-state index contributed by atoms with van der Waals surface area (Å²) in [6, 6.07) is 0.636. The lowest BCUT2D eigenvalue weighted by Crippen LogP contribution is -2.15. The van der Waals surface area contributed by atoms with Gasteiger partial charge in [-0.1, -0.05) is 0 Å². The molecule has 0 saturated carbocycles. The van der Waals surface area contributed by atoms with Gasteiger partial charge in [-0.2, -0.15) is 8.78 Å². The fourth-order valence-electron chi connectivity index (χ4n) is 1.80. The van der Waals surface area contributed by atoms with Gasteiger partial charge >= 0.3 is 5.97 Å². The minimum absolute atomic E-state index is 0.353. The average Bonchev–Trinajstić information content (AvgIpc) is 2.57. The Morgan fingerprint density at radius 2 is 1.44 bits per heavy atom. The van der Waals surface area contributed by atoms with E-state index in [-0.39, 0.29) is 3.57 Å². The second-order valence-electron chi connectivity index (χ2n) is 4.64. The van der Waals surface area contributed by atoms with Crippen LogP contribution in [0, 0.1) is 36.2 Å². The Bertz CT molecular complexity index is 1060. The molecule has 0 radical (unpaired) electrons. The second-order valence-corrected chi connectivity index (χ2v) is 8.20. The highest BCUT2D eigenvalue weighted by Gasteiger charge is 2.30. The van der Waals surface area contributed by atoms with Crippen molar-refractivity contribution >= 4 is 61.3 Å². The minimum atomic E-state index is -5.06. The van der Waals surface area contributed by atoms with E-state index in [4.69, 9.17) is 0 Å². The molecule has 0 aliphatic rings. The third kappa shape index (κ3) is 3.97. The molecule has 2 rings (SSSR count). The zero-order chi connectivity index (χ0) is 20.8. The third-order valence-corrected chi connectivity index (χ3v) is 6.54. The van der Waals surface area contributed by atoms with Crippen molar-refractivity contribution in [2.24, 2.45) is 0 Å². The molecule has 0 bridgehead atoms. The van der Waals surface area contributed by atoms with E-state index in [2.05, 4.69) is 4.74 Å². The highest BCUT2D eigenvalue weighted by Crippen LogP contribution is 2.36. The lowest BCUT2D eigenvalue weighted by Gasteiger charge is -2.15. The number of ether oxygens (including phenoxy) is 1. The molecule has 1 N–H and O–H groups in total. The topological polar surface area (TPSA) is 104 Å². The molecular weight excluding hydrogens is 633 g/mol. The number of phenolic OH excluding ortho intramolecular Hbond substituents is 1. The van der Waals surface area contributed by atoms with E-state index in [1.807, 2.05) is 0 Å². The first-order valence-electron chi connectivity index (χ1n) is 6.19. The van der Waals surface area contributed by atoms with Gasteiger partial charge in [-0.05, 0) is 51.2 Å². The van der Waals surface area contributed by atoms with Gasteiger partial charge in [0.1, 0.15) is 21.4 Å². The summed E-state index contributed by atoms with van der Waals surface area (Å²) in [5, 5.41) is 9.90.